The van der Waals surface area contributed by atoms with E-state index in [1.54, 1.807) is 6.07 Å². The van der Waals surface area contributed by atoms with Crippen LogP contribution in [0, 0.1) is 5.92 Å². The van der Waals surface area contributed by atoms with Crippen LogP contribution in [0.25, 0.3) is 0 Å². The van der Waals surface area contributed by atoms with Crippen molar-refractivity contribution < 1.29 is 0 Å². The zero-order valence-electron chi connectivity index (χ0n) is 10.6. The Morgan fingerprint density at radius 3 is 2.37 bits per heavy atom. The molecule has 0 saturated carbocycles. The molecule has 0 saturated heterocycles. The summed E-state index contributed by atoms with van der Waals surface area (Å²) in [4.78, 5) is 0.320. The van der Waals surface area contributed by atoms with E-state index in [2.05, 4.69) is 47.1 Å². The molecular weight excluding hydrogens is 343 g/mol. The Hall–Kier alpha value is -0.500. The molecule has 0 aromatic heterocycles. The third-order valence-corrected chi connectivity index (χ3v) is 5.19. The van der Waals surface area contributed by atoms with Gasteiger partial charge in [0.15, 0.2) is 0 Å². The molecule has 0 heterocycles. The van der Waals surface area contributed by atoms with Gasteiger partial charge in [0.1, 0.15) is 0 Å². The second-order valence-corrected chi connectivity index (χ2v) is 6.56. The molecule has 0 nitrogen and oxygen atoms in total. The Bertz CT molecular complexity index is 540. The fraction of sp³-hybridized carbons (Fsp3) is 0.250. The van der Waals surface area contributed by atoms with Crippen molar-refractivity contribution >= 4 is 39.1 Å². The zero-order valence-corrected chi connectivity index (χ0v) is 13.7. The van der Waals surface area contributed by atoms with Crippen LogP contribution in [0.1, 0.15) is 22.9 Å². The van der Waals surface area contributed by atoms with Crippen molar-refractivity contribution in [1.82, 2.24) is 0 Å². The van der Waals surface area contributed by atoms with E-state index in [1.165, 1.54) is 5.56 Å². The van der Waals surface area contributed by atoms with E-state index in [-0.39, 0.29) is 0 Å². The minimum absolute atomic E-state index is 0.320. The predicted octanol–water partition coefficient (Wildman–Crippen LogP) is 6.31. The van der Waals surface area contributed by atoms with Crippen LogP contribution in [0.2, 0.25) is 10.0 Å². The van der Waals surface area contributed by atoms with Crippen LogP contribution < -0.4 is 0 Å². The molecule has 19 heavy (non-hydrogen) atoms. The molecular formula is C16H15BrCl2. The molecule has 2 aromatic carbocycles. The highest BCUT2D eigenvalue weighted by Crippen LogP contribution is 2.34. The van der Waals surface area contributed by atoms with Gasteiger partial charge in [-0.25, -0.2) is 0 Å². The van der Waals surface area contributed by atoms with Gasteiger partial charge < -0.3 is 0 Å². The molecule has 2 unspecified atom stereocenters. The van der Waals surface area contributed by atoms with Gasteiger partial charge in [-0.2, -0.15) is 0 Å². The maximum absolute atomic E-state index is 6.22. The summed E-state index contributed by atoms with van der Waals surface area (Å²) in [5, 5.41) is 1.42. The Kier molecular flexibility index (Phi) is 5.32. The summed E-state index contributed by atoms with van der Waals surface area (Å²) in [5.41, 5.74) is 2.43. The van der Waals surface area contributed by atoms with Gasteiger partial charge in [0.2, 0.25) is 0 Å². The second kappa shape index (κ2) is 6.78. The molecule has 3 heteroatoms. The summed E-state index contributed by atoms with van der Waals surface area (Å²) in [6, 6.07) is 16.1. The summed E-state index contributed by atoms with van der Waals surface area (Å²) in [7, 11) is 0. The zero-order chi connectivity index (χ0) is 13.8. The molecule has 2 atom stereocenters. The lowest BCUT2D eigenvalue weighted by Gasteiger charge is -2.19. The quantitative estimate of drug-likeness (QED) is 0.562. The van der Waals surface area contributed by atoms with Crippen molar-refractivity contribution in [1.29, 1.82) is 0 Å². The van der Waals surface area contributed by atoms with Gasteiger partial charge >= 0.3 is 0 Å². The normalized spacial score (nSPS) is 14.1. The van der Waals surface area contributed by atoms with Crippen LogP contribution in [-0.4, -0.2) is 0 Å². The van der Waals surface area contributed by atoms with E-state index in [1.807, 2.05) is 18.2 Å². The van der Waals surface area contributed by atoms with Crippen molar-refractivity contribution in [3.63, 3.8) is 0 Å². The monoisotopic (exact) mass is 356 g/mol. The van der Waals surface area contributed by atoms with E-state index >= 15 is 0 Å². The second-order valence-electron chi connectivity index (χ2n) is 4.73. The predicted molar refractivity (Wildman–Crippen MR) is 87.4 cm³/mol. The molecule has 2 aromatic rings. The average Bonchev–Trinajstić information content (AvgIpc) is 2.42. The largest absolute Gasteiger partial charge is 0.0843 e. The average molecular weight is 358 g/mol. The Morgan fingerprint density at radius 1 is 1.05 bits per heavy atom. The van der Waals surface area contributed by atoms with Gasteiger partial charge in [-0.3, -0.25) is 0 Å². The van der Waals surface area contributed by atoms with Crippen molar-refractivity contribution in [2.45, 2.75) is 18.2 Å². The fourth-order valence-corrected chi connectivity index (χ4v) is 3.08. The van der Waals surface area contributed by atoms with Crippen LogP contribution in [0.3, 0.4) is 0 Å². The first-order valence-corrected chi connectivity index (χ1v) is 7.88. The number of alkyl halides is 1. The first kappa shape index (κ1) is 14.9. The van der Waals surface area contributed by atoms with Gasteiger partial charge in [-0.15, -0.1) is 0 Å². The molecule has 0 spiro atoms. The summed E-state index contributed by atoms with van der Waals surface area (Å²) in [6.07, 6.45) is 0.917. The van der Waals surface area contributed by atoms with Gasteiger partial charge in [0.05, 0.1) is 0 Å². The van der Waals surface area contributed by atoms with E-state index in [0.29, 0.717) is 15.8 Å². The first-order valence-electron chi connectivity index (χ1n) is 6.21. The minimum Gasteiger partial charge on any atom is -0.0843 e. The van der Waals surface area contributed by atoms with Crippen molar-refractivity contribution in [3.05, 3.63) is 69.7 Å². The lowest BCUT2D eigenvalue weighted by atomic mass is 9.94. The molecule has 100 valence electrons. The number of rotatable bonds is 4. The van der Waals surface area contributed by atoms with Gasteiger partial charge in [-0.05, 0) is 35.6 Å². The SMILES string of the molecule is CC(Cc1ccc(Cl)cc1Cl)C(Br)c1ccccc1. The first-order chi connectivity index (χ1) is 9.08. The lowest BCUT2D eigenvalue weighted by Crippen LogP contribution is -2.07. The number of hydrogen-bond acceptors (Lipinski definition) is 0. The molecule has 0 amide bonds. The van der Waals surface area contributed by atoms with Crippen molar-refractivity contribution in [2.75, 3.05) is 0 Å². The maximum atomic E-state index is 6.22. The molecule has 0 bridgehead atoms. The topological polar surface area (TPSA) is 0 Å². The van der Waals surface area contributed by atoms with Crippen LogP contribution in [-0.2, 0) is 6.42 Å². The molecule has 0 aliphatic rings. The van der Waals surface area contributed by atoms with Gasteiger partial charge in [-0.1, -0.05) is 82.5 Å². The number of hydrogen-bond donors (Lipinski definition) is 0. The lowest BCUT2D eigenvalue weighted by molar-refractivity contribution is 0.572. The van der Waals surface area contributed by atoms with E-state index in [9.17, 15) is 0 Å². The summed E-state index contributed by atoms with van der Waals surface area (Å²) < 4.78 is 0. The van der Waals surface area contributed by atoms with Gasteiger partial charge in [0.25, 0.3) is 0 Å². The molecule has 0 N–H and O–H groups in total. The molecule has 2 rings (SSSR count). The van der Waals surface area contributed by atoms with E-state index in [4.69, 9.17) is 23.2 Å². The number of benzene rings is 2. The van der Waals surface area contributed by atoms with Crippen molar-refractivity contribution in [3.8, 4) is 0 Å². The minimum atomic E-state index is 0.320. The maximum Gasteiger partial charge on any atom is 0.0452 e. The van der Waals surface area contributed by atoms with Crippen LogP contribution in [0.4, 0.5) is 0 Å². The third kappa shape index (κ3) is 3.98. The molecule has 0 radical (unpaired) electrons. The Morgan fingerprint density at radius 2 is 1.74 bits per heavy atom. The summed E-state index contributed by atoms with van der Waals surface area (Å²) in [6.45, 7) is 2.22. The van der Waals surface area contributed by atoms with Crippen LogP contribution in [0.5, 0.6) is 0 Å². The van der Waals surface area contributed by atoms with E-state index in [0.717, 1.165) is 17.0 Å². The van der Waals surface area contributed by atoms with Crippen LogP contribution in [0.15, 0.2) is 48.5 Å². The number of halogens is 3. The third-order valence-electron chi connectivity index (χ3n) is 3.17. The summed E-state index contributed by atoms with van der Waals surface area (Å²) >= 11 is 15.9. The van der Waals surface area contributed by atoms with Crippen LogP contribution >= 0.6 is 39.1 Å². The van der Waals surface area contributed by atoms with E-state index < -0.39 is 0 Å². The highest BCUT2D eigenvalue weighted by molar-refractivity contribution is 9.09. The molecule has 0 aliphatic heterocycles. The fourth-order valence-electron chi connectivity index (χ4n) is 2.10. The molecule has 0 aliphatic carbocycles. The highest BCUT2D eigenvalue weighted by atomic mass is 79.9. The Balaban J connectivity index is 2.10. The standard InChI is InChI=1S/C16H15BrCl2/c1-11(16(17)12-5-3-2-4-6-12)9-13-7-8-14(18)10-15(13)19/h2-8,10-11,16H,9H2,1H3. The Labute approximate surface area is 132 Å². The van der Waals surface area contributed by atoms with Gasteiger partial charge in [0, 0.05) is 14.9 Å². The molecule has 0 fully saturated rings. The smallest absolute Gasteiger partial charge is 0.0452 e. The summed E-state index contributed by atoms with van der Waals surface area (Å²) in [5.74, 6) is 0.445. The van der Waals surface area contributed by atoms with Crippen molar-refractivity contribution in [2.24, 2.45) is 5.92 Å². The highest BCUT2D eigenvalue weighted by Gasteiger charge is 2.17.